The molecule has 0 aliphatic heterocycles. The van der Waals surface area contributed by atoms with E-state index < -0.39 is 10.1 Å². The van der Waals surface area contributed by atoms with E-state index in [1.165, 1.54) is 18.2 Å². The Kier molecular flexibility index (Phi) is 2.94. The summed E-state index contributed by atoms with van der Waals surface area (Å²) in [5.41, 5.74) is 1.15. The molecule has 102 valence electrons. The lowest BCUT2D eigenvalue weighted by Gasteiger charge is -2.06. The predicted molar refractivity (Wildman–Crippen MR) is 73.0 cm³/mol. The van der Waals surface area contributed by atoms with Gasteiger partial charge in [-0.3, -0.25) is 0 Å². The topological polar surface area (TPSA) is 69.4 Å². The number of hydrogen-bond donors (Lipinski definition) is 0. The summed E-state index contributed by atoms with van der Waals surface area (Å²) in [6, 6.07) is 12.7. The zero-order valence-corrected chi connectivity index (χ0v) is 11.4. The van der Waals surface area contributed by atoms with E-state index in [0.29, 0.717) is 17.0 Å². The molecular weight excluding hydrogens is 278 g/mol. The van der Waals surface area contributed by atoms with Crippen LogP contribution in [0.4, 0.5) is 0 Å². The molecule has 3 rings (SSSR count). The van der Waals surface area contributed by atoms with Crippen LogP contribution in [0.2, 0.25) is 0 Å². The number of fused-ring (bicyclic) bond motifs is 1. The van der Waals surface area contributed by atoms with Crippen LogP contribution in [0.3, 0.4) is 0 Å². The van der Waals surface area contributed by atoms with Crippen LogP contribution in [0, 0.1) is 6.92 Å². The number of oxazole rings is 1. The summed E-state index contributed by atoms with van der Waals surface area (Å²) in [5.74, 6) is 0.709. The van der Waals surface area contributed by atoms with Gasteiger partial charge in [0.15, 0.2) is 11.5 Å². The Morgan fingerprint density at radius 3 is 2.60 bits per heavy atom. The molecule has 0 amide bonds. The van der Waals surface area contributed by atoms with Gasteiger partial charge in [-0.15, -0.1) is 0 Å². The van der Waals surface area contributed by atoms with Crippen LogP contribution in [0.5, 0.6) is 5.75 Å². The van der Waals surface area contributed by atoms with Crippen molar-refractivity contribution >= 4 is 21.2 Å². The van der Waals surface area contributed by atoms with Crippen molar-refractivity contribution < 1.29 is 17.0 Å². The Labute approximate surface area is 115 Å². The molecule has 0 spiro atoms. The summed E-state index contributed by atoms with van der Waals surface area (Å²) in [7, 11) is -3.84. The molecule has 5 nitrogen and oxygen atoms in total. The smallest absolute Gasteiger partial charge is 0.339 e. The van der Waals surface area contributed by atoms with Crippen molar-refractivity contribution in [3.05, 3.63) is 54.4 Å². The molecular formula is C14H11NO4S. The average Bonchev–Trinajstić information content (AvgIpc) is 2.79. The lowest BCUT2D eigenvalue weighted by Crippen LogP contribution is -2.09. The van der Waals surface area contributed by atoms with Crippen LogP contribution in [-0.2, 0) is 10.1 Å². The molecule has 3 aromatic rings. The molecule has 20 heavy (non-hydrogen) atoms. The van der Waals surface area contributed by atoms with Crippen molar-refractivity contribution in [2.75, 3.05) is 0 Å². The molecule has 0 aliphatic carbocycles. The van der Waals surface area contributed by atoms with E-state index in [2.05, 4.69) is 4.98 Å². The maximum atomic E-state index is 12.1. The Morgan fingerprint density at radius 2 is 1.85 bits per heavy atom. The third kappa shape index (κ3) is 2.37. The number of rotatable bonds is 3. The lowest BCUT2D eigenvalue weighted by atomic mass is 10.3. The van der Waals surface area contributed by atoms with Crippen molar-refractivity contribution in [1.29, 1.82) is 0 Å². The van der Waals surface area contributed by atoms with Crippen LogP contribution in [-0.4, -0.2) is 13.4 Å². The summed E-state index contributed by atoms with van der Waals surface area (Å²) in [6.45, 7) is 1.72. The highest BCUT2D eigenvalue weighted by Crippen LogP contribution is 2.24. The predicted octanol–water partition coefficient (Wildman–Crippen LogP) is 2.90. The summed E-state index contributed by atoms with van der Waals surface area (Å²) in [6.07, 6.45) is 0. The molecule has 2 aromatic carbocycles. The number of benzene rings is 2. The lowest BCUT2D eigenvalue weighted by molar-refractivity contribution is 0.485. The zero-order chi connectivity index (χ0) is 14.2. The highest BCUT2D eigenvalue weighted by atomic mass is 32.2. The zero-order valence-electron chi connectivity index (χ0n) is 10.6. The van der Waals surface area contributed by atoms with E-state index >= 15 is 0 Å². The van der Waals surface area contributed by atoms with E-state index in [9.17, 15) is 8.42 Å². The van der Waals surface area contributed by atoms with Gasteiger partial charge in [0.25, 0.3) is 0 Å². The van der Waals surface area contributed by atoms with Crippen LogP contribution in [0.25, 0.3) is 11.1 Å². The molecule has 0 atom stereocenters. The highest BCUT2D eigenvalue weighted by molar-refractivity contribution is 7.87. The summed E-state index contributed by atoms with van der Waals surface area (Å²) >= 11 is 0. The van der Waals surface area contributed by atoms with Gasteiger partial charge >= 0.3 is 10.1 Å². The van der Waals surface area contributed by atoms with Crippen LogP contribution >= 0.6 is 0 Å². The Hall–Kier alpha value is -2.34. The fourth-order valence-electron chi connectivity index (χ4n) is 1.83. The van der Waals surface area contributed by atoms with Gasteiger partial charge in [-0.05, 0) is 24.3 Å². The fraction of sp³-hybridized carbons (Fsp3) is 0.0714. The van der Waals surface area contributed by atoms with Gasteiger partial charge < -0.3 is 8.60 Å². The fourth-order valence-corrected chi connectivity index (χ4v) is 2.78. The average molecular weight is 289 g/mol. The summed E-state index contributed by atoms with van der Waals surface area (Å²) in [5, 5.41) is 0. The van der Waals surface area contributed by atoms with Crippen molar-refractivity contribution in [1.82, 2.24) is 4.98 Å². The van der Waals surface area contributed by atoms with Gasteiger partial charge in [0.1, 0.15) is 16.2 Å². The monoisotopic (exact) mass is 289 g/mol. The minimum atomic E-state index is -3.84. The van der Waals surface area contributed by atoms with E-state index in [1.807, 2.05) is 0 Å². The summed E-state index contributed by atoms with van der Waals surface area (Å²) in [4.78, 5) is 4.24. The molecule has 0 bridgehead atoms. The normalized spacial score (nSPS) is 11.7. The third-order valence-electron chi connectivity index (χ3n) is 2.70. The number of nitrogens with zero attached hydrogens (tertiary/aromatic N) is 1. The molecule has 0 saturated carbocycles. The first kappa shape index (κ1) is 12.7. The second-order valence-corrected chi connectivity index (χ2v) is 5.76. The first-order valence-electron chi connectivity index (χ1n) is 5.91. The molecule has 0 fully saturated rings. The molecule has 0 radical (unpaired) electrons. The molecule has 0 N–H and O–H groups in total. The number of aryl methyl sites for hydroxylation is 1. The molecule has 1 heterocycles. The van der Waals surface area contributed by atoms with E-state index in [-0.39, 0.29) is 10.6 Å². The van der Waals surface area contributed by atoms with Gasteiger partial charge in [0, 0.05) is 13.0 Å². The Balaban J connectivity index is 1.96. The second kappa shape index (κ2) is 4.64. The second-order valence-electron chi connectivity index (χ2n) is 4.21. The number of hydrogen-bond acceptors (Lipinski definition) is 5. The van der Waals surface area contributed by atoms with Crippen molar-refractivity contribution in [3.8, 4) is 5.75 Å². The van der Waals surface area contributed by atoms with E-state index in [1.54, 1.807) is 37.3 Å². The Bertz CT molecular complexity index is 853. The largest absolute Gasteiger partial charge is 0.441 e. The van der Waals surface area contributed by atoms with Gasteiger partial charge in [-0.2, -0.15) is 8.42 Å². The maximum absolute atomic E-state index is 12.1. The van der Waals surface area contributed by atoms with Gasteiger partial charge in [0.2, 0.25) is 0 Å². The number of aromatic nitrogens is 1. The van der Waals surface area contributed by atoms with Crippen LogP contribution < -0.4 is 4.18 Å². The molecule has 1 aromatic heterocycles. The first-order valence-corrected chi connectivity index (χ1v) is 7.32. The van der Waals surface area contributed by atoms with Gasteiger partial charge in [-0.1, -0.05) is 18.2 Å². The quantitative estimate of drug-likeness (QED) is 0.693. The Morgan fingerprint density at radius 1 is 1.10 bits per heavy atom. The maximum Gasteiger partial charge on any atom is 0.339 e. The minimum absolute atomic E-state index is 0.105. The molecule has 0 unspecified atom stereocenters. The van der Waals surface area contributed by atoms with Crippen molar-refractivity contribution in [2.24, 2.45) is 0 Å². The van der Waals surface area contributed by atoms with Crippen molar-refractivity contribution in [2.45, 2.75) is 11.8 Å². The van der Waals surface area contributed by atoms with E-state index in [0.717, 1.165) is 0 Å². The molecule has 6 heteroatoms. The van der Waals surface area contributed by atoms with Gasteiger partial charge in [0.05, 0.1) is 0 Å². The van der Waals surface area contributed by atoms with E-state index in [4.69, 9.17) is 8.60 Å². The first-order chi connectivity index (χ1) is 9.54. The van der Waals surface area contributed by atoms with Gasteiger partial charge in [-0.25, -0.2) is 4.98 Å². The molecule has 0 saturated heterocycles. The third-order valence-corrected chi connectivity index (χ3v) is 3.97. The minimum Gasteiger partial charge on any atom is -0.441 e. The van der Waals surface area contributed by atoms with Crippen LogP contribution in [0.1, 0.15) is 5.89 Å². The standard InChI is InChI=1S/C14H11NO4S/c1-10-15-13-8-7-11(9-14(13)18-10)19-20(16,17)12-5-3-2-4-6-12/h2-9H,1H3. The molecule has 0 aliphatic rings. The highest BCUT2D eigenvalue weighted by Gasteiger charge is 2.16. The van der Waals surface area contributed by atoms with Crippen molar-refractivity contribution in [3.63, 3.8) is 0 Å². The summed E-state index contributed by atoms with van der Waals surface area (Å²) < 4.78 is 34.6. The SMILES string of the molecule is Cc1nc2ccc(OS(=O)(=O)c3ccccc3)cc2o1. The van der Waals surface area contributed by atoms with Crippen LogP contribution in [0.15, 0.2) is 57.8 Å².